The molecule has 0 bridgehead atoms. The Labute approximate surface area is 74.9 Å². The predicted octanol–water partition coefficient (Wildman–Crippen LogP) is 1.84. The highest BCUT2D eigenvalue weighted by molar-refractivity contribution is 5.78. The van der Waals surface area contributed by atoms with Gasteiger partial charge in [-0.1, -0.05) is 0 Å². The first-order valence-electron chi connectivity index (χ1n) is 4.77. The Kier molecular flexibility index (Phi) is 2.89. The van der Waals surface area contributed by atoms with Crippen LogP contribution in [0.4, 0.5) is 0 Å². The van der Waals surface area contributed by atoms with Crippen LogP contribution < -0.4 is 0 Å². The zero-order valence-electron chi connectivity index (χ0n) is 8.39. The fraction of sp³-hybridized carbons (Fsp3) is 0.900. The van der Waals surface area contributed by atoms with Gasteiger partial charge < -0.3 is 0 Å². The second-order valence-corrected chi connectivity index (χ2v) is 4.55. The topological polar surface area (TPSA) is 20.3 Å². The van der Waals surface area contributed by atoms with E-state index in [1.165, 1.54) is 0 Å². The van der Waals surface area contributed by atoms with E-state index in [0.29, 0.717) is 5.78 Å². The van der Waals surface area contributed by atoms with Crippen molar-refractivity contribution in [1.82, 2.24) is 4.90 Å². The number of hydrogen-bond acceptors (Lipinski definition) is 2. The summed E-state index contributed by atoms with van der Waals surface area (Å²) in [5.74, 6) is 0.432. The van der Waals surface area contributed by atoms with Crippen molar-refractivity contribution < 1.29 is 4.79 Å². The third-order valence-electron chi connectivity index (χ3n) is 2.49. The fourth-order valence-corrected chi connectivity index (χ4v) is 1.63. The summed E-state index contributed by atoms with van der Waals surface area (Å²) < 4.78 is 0. The molecule has 0 atom stereocenters. The molecule has 0 aromatic carbocycles. The molecule has 2 heteroatoms. The lowest BCUT2D eigenvalue weighted by molar-refractivity contribution is -0.118. The Morgan fingerprint density at radius 1 is 1.17 bits per heavy atom. The Hall–Kier alpha value is -0.370. The molecule has 0 saturated carbocycles. The van der Waals surface area contributed by atoms with E-state index in [2.05, 4.69) is 25.7 Å². The maximum Gasteiger partial charge on any atom is 0.134 e. The predicted molar refractivity (Wildman–Crippen MR) is 50.2 cm³/mol. The van der Waals surface area contributed by atoms with Crippen molar-refractivity contribution in [1.29, 1.82) is 0 Å². The molecule has 1 fully saturated rings. The van der Waals surface area contributed by atoms with Gasteiger partial charge in [0.05, 0.1) is 0 Å². The van der Waals surface area contributed by atoms with E-state index >= 15 is 0 Å². The van der Waals surface area contributed by atoms with Crippen LogP contribution in [0.25, 0.3) is 0 Å². The summed E-state index contributed by atoms with van der Waals surface area (Å²) in [4.78, 5) is 13.5. The minimum Gasteiger partial charge on any atom is -0.300 e. The molecule has 2 nitrogen and oxygen atoms in total. The lowest BCUT2D eigenvalue weighted by atomic mass is 10.1. The van der Waals surface area contributed by atoms with Crippen LogP contribution in [0.5, 0.6) is 0 Å². The van der Waals surface area contributed by atoms with Crippen LogP contribution in [-0.4, -0.2) is 29.3 Å². The average molecular weight is 169 g/mol. The van der Waals surface area contributed by atoms with E-state index in [1.807, 2.05) is 0 Å². The second kappa shape index (κ2) is 3.56. The molecule has 1 saturated heterocycles. The minimum atomic E-state index is 0.227. The first kappa shape index (κ1) is 9.72. The quantitative estimate of drug-likeness (QED) is 0.551. The van der Waals surface area contributed by atoms with E-state index in [1.54, 1.807) is 0 Å². The number of hydrogen-bond donors (Lipinski definition) is 0. The molecule has 1 rings (SSSR count). The van der Waals surface area contributed by atoms with Crippen molar-refractivity contribution in [2.45, 2.75) is 45.6 Å². The van der Waals surface area contributed by atoms with Crippen LogP contribution >= 0.6 is 0 Å². The molecule has 1 aliphatic heterocycles. The number of carbonyl (C=O) groups is 1. The molecule has 1 aliphatic rings. The van der Waals surface area contributed by atoms with Gasteiger partial charge in [0.2, 0.25) is 0 Å². The minimum absolute atomic E-state index is 0.227. The monoisotopic (exact) mass is 169 g/mol. The van der Waals surface area contributed by atoms with Crippen molar-refractivity contribution in [3.8, 4) is 0 Å². The Morgan fingerprint density at radius 2 is 1.83 bits per heavy atom. The van der Waals surface area contributed by atoms with Gasteiger partial charge in [0.15, 0.2) is 0 Å². The summed E-state index contributed by atoms with van der Waals surface area (Å²) in [6.07, 6.45) is 2.57. The van der Waals surface area contributed by atoms with Gasteiger partial charge in [-0.3, -0.25) is 9.69 Å². The van der Waals surface area contributed by atoms with E-state index < -0.39 is 0 Å². The van der Waals surface area contributed by atoms with Crippen molar-refractivity contribution in [3.05, 3.63) is 0 Å². The molecule has 0 N–H and O–H groups in total. The van der Waals surface area contributed by atoms with E-state index in [0.717, 1.165) is 32.4 Å². The van der Waals surface area contributed by atoms with Crippen LogP contribution in [-0.2, 0) is 4.79 Å². The number of likely N-dealkylation sites (tertiary alicyclic amines) is 1. The van der Waals surface area contributed by atoms with Crippen LogP contribution in [0.1, 0.15) is 40.0 Å². The van der Waals surface area contributed by atoms with Crippen molar-refractivity contribution >= 4 is 5.78 Å². The van der Waals surface area contributed by atoms with Gasteiger partial charge in [-0.05, 0) is 33.7 Å². The van der Waals surface area contributed by atoms with Crippen molar-refractivity contribution in [2.24, 2.45) is 0 Å². The molecule has 0 spiro atoms. The average Bonchev–Trinajstić information content (AvgIpc) is 2.11. The molecule has 0 amide bonds. The molecule has 0 aromatic rings. The van der Waals surface area contributed by atoms with E-state index in [4.69, 9.17) is 0 Å². The van der Waals surface area contributed by atoms with Gasteiger partial charge in [-0.15, -0.1) is 0 Å². The van der Waals surface area contributed by atoms with Crippen LogP contribution in [0, 0.1) is 0 Å². The number of ketones is 1. The molecule has 0 unspecified atom stereocenters. The summed E-state index contributed by atoms with van der Waals surface area (Å²) in [6, 6.07) is 0. The Bertz CT molecular complexity index is 169. The summed E-state index contributed by atoms with van der Waals surface area (Å²) in [7, 11) is 0. The van der Waals surface area contributed by atoms with E-state index in [-0.39, 0.29) is 5.54 Å². The van der Waals surface area contributed by atoms with Gasteiger partial charge in [-0.2, -0.15) is 0 Å². The smallest absolute Gasteiger partial charge is 0.134 e. The standard InChI is InChI=1S/C10H19NO/c1-10(2,3)11-7-4-5-9(12)6-8-11/h4-8H2,1-3H3. The van der Waals surface area contributed by atoms with Crippen LogP contribution in [0.3, 0.4) is 0 Å². The molecule has 1 heterocycles. The zero-order chi connectivity index (χ0) is 9.19. The summed E-state index contributed by atoms with van der Waals surface area (Å²) in [6.45, 7) is 8.66. The van der Waals surface area contributed by atoms with Crippen molar-refractivity contribution in [3.63, 3.8) is 0 Å². The van der Waals surface area contributed by atoms with E-state index in [9.17, 15) is 4.79 Å². The second-order valence-electron chi connectivity index (χ2n) is 4.55. The molecular formula is C10H19NO. The largest absolute Gasteiger partial charge is 0.300 e. The first-order valence-corrected chi connectivity index (χ1v) is 4.77. The third kappa shape index (κ3) is 2.59. The van der Waals surface area contributed by atoms with Crippen LogP contribution in [0.2, 0.25) is 0 Å². The lowest BCUT2D eigenvalue weighted by Gasteiger charge is -2.34. The van der Waals surface area contributed by atoms with Gasteiger partial charge in [-0.25, -0.2) is 0 Å². The number of Topliss-reactive ketones (excluding diaryl/α,β-unsaturated/α-hetero) is 1. The summed E-state index contributed by atoms with van der Waals surface area (Å²) >= 11 is 0. The van der Waals surface area contributed by atoms with Gasteiger partial charge in [0, 0.05) is 24.9 Å². The van der Waals surface area contributed by atoms with Gasteiger partial charge >= 0.3 is 0 Å². The summed E-state index contributed by atoms with van der Waals surface area (Å²) in [5, 5.41) is 0. The molecular weight excluding hydrogens is 150 g/mol. The van der Waals surface area contributed by atoms with Crippen molar-refractivity contribution in [2.75, 3.05) is 13.1 Å². The molecule has 0 aliphatic carbocycles. The third-order valence-corrected chi connectivity index (χ3v) is 2.49. The number of carbonyl (C=O) groups excluding carboxylic acids is 1. The maximum absolute atomic E-state index is 11.1. The fourth-order valence-electron chi connectivity index (χ4n) is 1.63. The maximum atomic E-state index is 11.1. The van der Waals surface area contributed by atoms with Crippen LogP contribution in [0.15, 0.2) is 0 Å². The number of rotatable bonds is 0. The normalized spacial score (nSPS) is 22.4. The highest BCUT2D eigenvalue weighted by Crippen LogP contribution is 2.17. The Morgan fingerprint density at radius 3 is 2.42 bits per heavy atom. The molecule has 70 valence electrons. The molecule has 12 heavy (non-hydrogen) atoms. The highest BCUT2D eigenvalue weighted by Gasteiger charge is 2.23. The van der Waals surface area contributed by atoms with Gasteiger partial charge in [0.1, 0.15) is 5.78 Å². The summed E-state index contributed by atoms with van der Waals surface area (Å²) in [5.41, 5.74) is 0.227. The SMILES string of the molecule is CC(C)(C)N1CCCC(=O)CC1. The first-order chi connectivity index (χ1) is 5.50. The molecule has 0 aromatic heterocycles. The molecule has 0 radical (unpaired) electrons. The number of nitrogens with zero attached hydrogens (tertiary/aromatic N) is 1. The zero-order valence-corrected chi connectivity index (χ0v) is 8.39. The van der Waals surface area contributed by atoms with Gasteiger partial charge in [0.25, 0.3) is 0 Å². The Balaban J connectivity index is 2.52. The highest BCUT2D eigenvalue weighted by atomic mass is 16.1. The lowest BCUT2D eigenvalue weighted by Crippen LogP contribution is -2.41.